The number of aliphatic hydroxyl groups is 1. The lowest BCUT2D eigenvalue weighted by Gasteiger charge is -2.14. The minimum absolute atomic E-state index is 0.166. The maximum Gasteiger partial charge on any atom is 0.252 e. The van der Waals surface area contributed by atoms with Crippen molar-refractivity contribution in [1.29, 1.82) is 0 Å². The van der Waals surface area contributed by atoms with Crippen molar-refractivity contribution in [3.63, 3.8) is 0 Å². The molecule has 0 bridgehead atoms. The summed E-state index contributed by atoms with van der Waals surface area (Å²) >= 11 is 3.14. The minimum atomic E-state index is -0.429. The first kappa shape index (κ1) is 15.1. The molecule has 0 aliphatic rings. The van der Waals surface area contributed by atoms with Crippen LogP contribution in [0.25, 0.3) is 0 Å². The zero-order valence-corrected chi connectivity index (χ0v) is 12.0. The van der Waals surface area contributed by atoms with E-state index in [4.69, 9.17) is 0 Å². The second-order valence-corrected chi connectivity index (χ2v) is 5.33. The Bertz CT molecular complexity index is 423. The molecule has 2 N–H and O–H groups in total. The van der Waals surface area contributed by atoms with Gasteiger partial charge in [-0.25, -0.2) is 4.39 Å². The van der Waals surface area contributed by atoms with Crippen LogP contribution >= 0.6 is 15.9 Å². The second kappa shape index (κ2) is 6.85. The Morgan fingerprint density at radius 2 is 2.17 bits per heavy atom. The summed E-state index contributed by atoms with van der Waals surface area (Å²) in [5, 5.41) is 12.3. The molecule has 5 heteroatoms. The van der Waals surface area contributed by atoms with Crippen LogP contribution in [0.5, 0.6) is 0 Å². The van der Waals surface area contributed by atoms with Gasteiger partial charge in [-0.05, 0) is 46.5 Å². The summed E-state index contributed by atoms with van der Waals surface area (Å²) in [6, 6.07) is 3.91. The van der Waals surface area contributed by atoms with E-state index in [9.17, 15) is 14.3 Å². The van der Waals surface area contributed by atoms with Gasteiger partial charge in [0.1, 0.15) is 5.82 Å². The predicted octanol–water partition coefficient (Wildman–Crippen LogP) is 2.73. The molecule has 18 heavy (non-hydrogen) atoms. The highest BCUT2D eigenvalue weighted by molar-refractivity contribution is 9.10. The van der Waals surface area contributed by atoms with E-state index in [1.54, 1.807) is 0 Å². The number of carbonyl (C=O) groups is 1. The monoisotopic (exact) mass is 317 g/mol. The first-order valence-electron chi connectivity index (χ1n) is 5.83. The van der Waals surface area contributed by atoms with Crippen LogP contribution in [0.2, 0.25) is 0 Å². The van der Waals surface area contributed by atoms with E-state index in [0.717, 1.165) is 0 Å². The zero-order valence-electron chi connectivity index (χ0n) is 10.4. The average Bonchev–Trinajstić information content (AvgIpc) is 2.28. The second-order valence-electron chi connectivity index (χ2n) is 4.48. The Balaban J connectivity index is 2.51. The van der Waals surface area contributed by atoms with Crippen molar-refractivity contribution in [3.8, 4) is 0 Å². The predicted molar refractivity (Wildman–Crippen MR) is 71.9 cm³/mol. The largest absolute Gasteiger partial charge is 0.393 e. The highest BCUT2D eigenvalue weighted by Crippen LogP contribution is 2.17. The molecule has 1 aromatic carbocycles. The van der Waals surface area contributed by atoms with Crippen LogP contribution in [0.15, 0.2) is 22.7 Å². The molecule has 0 spiro atoms. The highest BCUT2D eigenvalue weighted by Gasteiger charge is 2.12. The smallest absolute Gasteiger partial charge is 0.252 e. The number of hydrogen-bond acceptors (Lipinski definition) is 2. The number of amides is 1. The van der Waals surface area contributed by atoms with Crippen LogP contribution in [0.3, 0.4) is 0 Å². The minimum Gasteiger partial charge on any atom is -0.393 e. The lowest BCUT2D eigenvalue weighted by atomic mass is 10.0. The zero-order chi connectivity index (χ0) is 13.7. The highest BCUT2D eigenvalue weighted by atomic mass is 79.9. The molecule has 1 atom stereocenters. The molecule has 3 nitrogen and oxygen atoms in total. The summed E-state index contributed by atoms with van der Waals surface area (Å²) in [5.74, 6) is -0.508. The van der Waals surface area contributed by atoms with Crippen LogP contribution in [0.1, 0.15) is 30.6 Å². The van der Waals surface area contributed by atoms with Crippen LogP contribution in [-0.2, 0) is 0 Å². The molecule has 0 heterocycles. The van der Waals surface area contributed by atoms with Crippen LogP contribution in [-0.4, -0.2) is 23.7 Å². The lowest BCUT2D eigenvalue weighted by Crippen LogP contribution is -2.28. The van der Waals surface area contributed by atoms with E-state index in [0.29, 0.717) is 23.0 Å². The molecule has 0 saturated carbocycles. The van der Waals surface area contributed by atoms with Crippen molar-refractivity contribution in [1.82, 2.24) is 5.32 Å². The fraction of sp³-hybridized carbons (Fsp3) is 0.462. The van der Waals surface area contributed by atoms with Gasteiger partial charge in [0, 0.05) is 11.0 Å². The van der Waals surface area contributed by atoms with Gasteiger partial charge in [-0.2, -0.15) is 0 Å². The van der Waals surface area contributed by atoms with Gasteiger partial charge in [0.15, 0.2) is 0 Å². The molecular formula is C13H17BrFNO2. The number of hydrogen-bond donors (Lipinski definition) is 2. The van der Waals surface area contributed by atoms with E-state index in [1.165, 1.54) is 18.2 Å². The Hall–Kier alpha value is -0.940. The van der Waals surface area contributed by atoms with E-state index < -0.39 is 11.9 Å². The Labute approximate surface area is 115 Å². The molecule has 0 saturated heterocycles. The molecule has 1 aromatic rings. The van der Waals surface area contributed by atoms with E-state index in [2.05, 4.69) is 21.2 Å². The maximum absolute atomic E-state index is 12.9. The fourth-order valence-electron chi connectivity index (χ4n) is 1.44. The number of nitrogens with one attached hydrogen (secondary N) is 1. The number of halogens is 2. The quantitative estimate of drug-likeness (QED) is 0.877. The van der Waals surface area contributed by atoms with Gasteiger partial charge in [-0.15, -0.1) is 0 Å². The fourth-order valence-corrected chi connectivity index (χ4v) is 1.97. The normalized spacial score (nSPS) is 12.6. The third-order valence-electron chi connectivity index (χ3n) is 2.67. The number of rotatable bonds is 5. The molecule has 0 aliphatic heterocycles. The summed E-state index contributed by atoms with van der Waals surface area (Å²) in [7, 11) is 0. The van der Waals surface area contributed by atoms with Gasteiger partial charge in [-0.1, -0.05) is 13.8 Å². The van der Waals surface area contributed by atoms with Crippen LogP contribution < -0.4 is 5.32 Å². The van der Waals surface area contributed by atoms with Crippen molar-refractivity contribution < 1.29 is 14.3 Å². The Morgan fingerprint density at radius 3 is 2.72 bits per heavy atom. The molecule has 100 valence electrons. The van der Waals surface area contributed by atoms with E-state index in [1.807, 2.05) is 13.8 Å². The van der Waals surface area contributed by atoms with Gasteiger partial charge in [0.25, 0.3) is 5.91 Å². The van der Waals surface area contributed by atoms with Crippen molar-refractivity contribution in [2.45, 2.75) is 26.4 Å². The molecule has 1 rings (SSSR count). The van der Waals surface area contributed by atoms with Crippen molar-refractivity contribution in [3.05, 3.63) is 34.1 Å². The van der Waals surface area contributed by atoms with Crippen LogP contribution in [0.4, 0.5) is 4.39 Å². The summed E-state index contributed by atoms with van der Waals surface area (Å²) in [4.78, 5) is 11.8. The first-order valence-corrected chi connectivity index (χ1v) is 6.62. The summed E-state index contributed by atoms with van der Waals surface area (Å²) in [6.07, 6.45) is 0.0735. The Morgan fingerprint density at radius 1 is 1.50 bits per heavy atom. The number of carbonyl (C=O) groups excluding carboxylic acids is 1. The molecule has 0 radical (unpaired) electrons. The molecular weight excluding hydrogens is 301 g/mol. The van der Waals surface area contributed by atoms with Crippen molar-refractivity contribution >= 4 is 21.8 Å². The summed E-state index contributed by atoms with van der Waals surface area (Å²) in [6.45, 7) is 4.23. The van der Waals surface area contributed by atoms with Gasteiger partial charge >= 0.3 is 0 Å². The molecule has 0 unspecified atom stereocenters. The lowest BCUT2D eigenvalue weighted by molar-refractivity contribution is 0.0919. The average molecular weight is 318 g/mol. The van der Waals surface area contributed by atoms with Crippen molar-refractivity contribution in [2.24, 2.45) is 5.92 Å². The third-order valence-corrected chi connectivity index (χ3v) is 3.33. The third kappa shape index (κ3) is 4.38. The summed E-state index contributed by atoms with van der Waals surface area (Å²) in [5.41, 5.74) is 0.385. The Kier molecular flexibility index (Phi) is 5.75. The number of benzene rings is 1. The first-order chi connectivity index (χ1) is 8.41. The summed E-state index contributed by atoms with van der Waals surface area (Å²) < 4.78 is 13.3. The molecule has 1 amide bonds. The molecule has 0 aromatic heterocycles. The molecule has 0 fully saturated rings. The SMILES string of the molecule is CC(C)[C@H](O)CCNC(=O)c1ccc(F)cc1Br. The van der Waals surface area contributed by atoms with E-state index >= 15 is 0 Å². The maximum atomic E-state index is 12.9. The van der Waals surface area contributed by atoms with Gasteiger partial charge in [-0.3, -0.25) is 4.79 Å². The van der Waals surface area contributed by atoms with E-state index in [-0.39, 0.29) is 11.8 Å². The van der Waals surface area contributed by atoms with Crippen LogP contribution in [0, 0.1) is 11.7 Å². The van der Waals surface area contributed by atoms with Gasteiger partial charge < -0.3 is 10.4 Å². The van der Waals surface area contributed by atoms with Gasteiger partial charge in [0.2, 0.25) is 0 Å². The topological polar surface area (TPSA) is 49.3 Å². The standard InChI is InChI=1S/C13H17BrFNO2/c1-8(2)12(17)5-6-16-13(18)10-4-3-9(15)7-11(10)14/h3-4,7-8,12,17H,5-6H2,1-2H3,(H,16,18)/t12-/m1/s1. The molecule has 0 aliphatic carbocycles. The van der Waals surface area contributed by atoms with Crippen molar-refractivity contribution in [2.75, 3.05) is 6.54 Å². The number of aliphatic hydroxyl groups excluding tert-OH is 1. The van der Waals surface area contributed by atoms with Gasteiger partial charge in [0.05, 0.1) is 11.7 Å².